The van der Waals surface area contributed by atoms with E-state index >= 15 is 0 Å². The Morgan fingerprint density at radius 3 is 2.11 bits per heavy atom. The number of likely N-dealkylation sites (N-methyl/N-ethyl adjacent to an activating group) is 1. The molecule has 0 heterocycles. The predicted molar refractivity (Wildman–Crippen MR) is 74.2 cm³/mol. The van der Waals surface area contributed by atoms with Gasteiger partial charge in [0.25, 0.3) is 0 Å². The Bertz CT molecular complexity index is 455. The molecule has 2 rings (SSSR count). The number of aliphatic hydroxyl groups is 1. The van der Waals surface area contributed by atoms with Crippen LogP contribution < -0.4 is 0 Å². The molecule has 0 aliphatic carbocycles. The second kappa shape index (κ2) is 6.34. The van der Waals surface area contributed by atoms with Crippen molar-refractivity contribution in [2.45, 2.75) is 12.6 Å². The minimum absolute atomic E-state index is 0.431. The summed E-state index contributed by atoms with van der Waals surface area (Å²) in [7, 11) is 2.03. The maximum atomic E-state index is 10.1. The standard InChI is InChI=1S/C16H19NO/c1-17(12-14-8-4-2-5-9-14)13-16(18)15-10-6-3-7-11-15/h2-11,16,18H,12-13H2,1H3. The van der Waals surface area contributed by atoms with Crippen molar-refractivity contribution in [3.8, 4) is 0 Å². The van der Waals surface area contributed by atoms with Crippen LogP contribution in [0.5, 0.6) is 0 Å². The highest BCUT2D eigenvalue weighted by Gasteiger charge is 2.10. The monoisotopic (exact) mass is 241 g/mol. The summed E-state index contributed by atoms with van der Waals surface area (Å²) in [5.41, 5.74) is 2.23. The lowest BCUT2D eigenvalue weighted by Crippen LogP contribution is -2.24. The smallest absolute Gasteiger partial charge is 0.0916 e. The van der Waals surface area contributed by atoms with Crippen molar-refractivity contribution in [2.24, 2.45) is 0 Å². The van der Waals surface area contributed by atoms with Crippen molar-refractivity contribution in [3.05, 3.63) is 71.8 Å². The Kier molecular flexibility index (Phi) is 4.51. The molecule has 0 spiro atoms. The SMILES string of the molecule is CN(Cc1ccccc1)CC(O)c1ccccc1. The number of nitrogens with zero attached hydrogens (tertiary/aromatic N) is 1. The van der Waals surface area contributed by atoms with Gasteiger partial charge >= 0.3 is 0 Å². The van der Waals surface area contributed by atoms with Crippen LogP contribution in [0.15, 0.2) is 60.7 Å². The number of benzene rings is 2. The van der Waals surface area contributed by atoms with Gasteiger partial charge in [0.15, 0.2) is 0 Å². The van der Waals surface area contributed by atoms with Crippen LogP contribution in [0.25, 0.3) is 0 Å². The van der Waals surface area contributed by atoms with Gasteiger partial charge in [-0.1, -0.05) is 60.7 Å². The molecule has 0 radical (unpaired) electrons. The maximum Gasteiger partial charge on any atom is 0.0916 e. The van der Waals surface area contributed by atoms with Gasteiger partial charge in [-0.15, -0.1) is 0 Å². The average Bonchev–Trinajstić information content (AvgIpc) is 2.40. The molecule has 1 unspecified atom stereocenters. The lowest BCUT2D eigenvalue weighted by molar-refractivity contribution is 0.124. The molecule has 0 saturated carbocycles. The van der Waals surface area contributed by atoms with E-state index in [9.17, 15) is 5.11 Å². The highest BCUT2D eigenvalue weighted by molar-refractivity contribution is 5.18. The zero-order valence-electron chi connectivity index (χ0n) is 10.7. The number of rotatable bonds is 5. The quantitative estimate of drug-likeness (QED) is 0.870. The molecule has 0 fully saturated rings. The van der Waals surface area contributed by atoms with E-state index in [1.54, 1.807) is 0 Å². The van der Waals surface area contributed by atoms with Gasteiger partial charge < -0.3 is 5.11 Å². The van der Waals surface area contributed by atoms with Crippen molar-refractivity contribution < 1.29 is 5.11 Å². The first-order valence-corrected chi connectivity index (χ1v) is 6.21. The number of hydrogen-bond donors (Lipinski definition) is 1. The van der Waals surface area contributed by atoms with Crippen LogP contribution in [0.2, 0.25) is 0 Å². The number of aliphatic hydroxyl groups excluding tert-OH is 1. The van der Waals surface area contributed by atoms with Crippen LogP contribution >= 0.6 is 0 Å². The fourth-order valence-corrected chi connectivity index (χ4v) is 2.04. The molecule has 94 valence electrons. The number of hydrogen-bond acceptors (Lipinski definition) is 2. The summed E-state index contributed by atoms with van der Waals surface area (Å²) in [6.45, 7) is 1.49. The van der Waals surface area contributed by atoms with E-state index < -0.39 is 6.10 Å². The second-order valence-corrected chi connectivity index (χ2v) is 4.61. The molecule has 2 aromatic carbocycles. The topological polar surface area (TPSA) is 23.5 Å². The van der Waals surface area contributed by atoms with E-state index in [2.05, 4.69) is 17.0 Å². The van der Waals surface area contributed by atoms with E-state index in [4.69, 9.17) is 0 Å². The molecule has 1 atom stereocenters. The lowest BCUT2D eigenvalue weighted by Gasteiger charge is -2.20. The fraction of sp³-hybridized carbons (Fsp3) is 0.250. The summed E-state index contributed by atoms with van der Waals surface area (Å²) < 4.78 is 0. The van der Waals surface area contributed by atoms with Gasteiger partial charge in [-0.25, -0.2) is 0 Å². The maximum absolute atomic E-state index is 10.1. The van der Waals surface area contributed by atoms with Gasteiger partial charge in [-0.3, -0.25) is 4.90 Å². The summed E-state index contributed by atoms with van der Waals surface area (Å²) in [4.78, 5) is 2.13. The molecule has 2 nitrogen and oxygen atoms in total. The van der Waals surface area contributed by atoms with Crippen molar-refractivity contribution >= 4 is 0 Å². The van der Waals surface area contributed by atoms with E-state index in [0.29, 0.717) is 6.54 Å². The van der Waals surface area contributed by atoms with Crippen LogP contribution in [-0.4, -0.2) is 23.6 Å². The van der Waals surface area contributed by atoms with Crippen LogP contribution in [0.4, 0.5) is 0 Å². The van der Waals surface area contributed by atoms with Crippen LogP contribution in [0.1, 0.15) is 17.2 Å². The summed E-state index contributed by atoms with van der Waals surface area (Å²) >= 11 is 0. The third kappa shape index (κ3) is 3.69. The minimum Gasteiger partial charge on any atom is -0.387 e. The molecule has 18 heavy (non-hydrogen) atoms. The third-order valence-electron chi connectivity index (χ3n) is 2.96. The van der Waals surface area contributed by atoms with Crippen LogP contribution in [-0.2, 0) is 6.54 Å². The van der Waals surface area contributed by atoms with Crippen molar-refractivity contribution in [3.63, 3.8) is 0 Å². The molecule has 0 amide bonds. The minimum atomic E-state index is -0.431. The van der Waals surface area contributed by atoms with E-state index in [-0.39, 0.29) is 0 Å². The Morgan fingerprint density at radius 1 is 0.944 bits per heavy atom. The van der Waals surface area contributed by atoms with E-state index in [1.807, 2.05) is 55.6 Å². The first kappa shape index (κ1) is 12.8. The van der Waals surface area contributed by atoms with E-state index in [1.165, 1.54) is 5.56 Å². The lowest BCUT2D eigenvalue weighted by atomic mass is 10.1. The molecule has 0 aliphatic rings. The summed E-state index contributed by atoms with van der Waals surface area (Å²) in [6.07, 6.45) is -0.431. The third-order valence-corrected chi connectivity index (χ3v) is 2.96. The van der Waals surface area contributed by atoms with Crippen LogP contribution in [0.3, 0.4) is 0 Å². The molecule has 0 saturated heterocycles. The molecule has 0 bridgehead atoms. The molecule has 0 aliphatic heterocycles. The summed E-state index contributed by atoms with van der Waals surface area (Å²) in [5.74, 6) is 0. The highest BCUT2D eigenvalue weighted by atomic mass is 16.3. The van der Waals surface area contributed by atoms with Crippen molar-refractivity contribution in [2.75, 3.05) is 13.6 Å². The van der Waals surface area contributed by atoms with Gasteiger partial charge in [0.05, 0.1) is 6.10 Å². The molecular formula is C16H19NO. The van der Waals surface area contributed by atoms with Gasteiger partial charge in [0, 0.05) is 13.1 Å². The van der Waals surface area contributed by atoms with Gasteiger partial charge in [0.1, 0.15) is 0 Å². The molecule has 1 N–H and O–H groups in total. The normalized spacial score (nSPS) is 12.6. The van der Waals surface area contributed by atoms with Crippen LogP contribution in [0, 0.1) is 0 Å². The fourth-order valence-electron chi connectivity index (χ4n) is 2.04. The predicted octanol–water partition coefficient (Wildman–Crippen LogP) is 2.85. The molecule has 0 aromatic heterocycles. The van der Waals surface area contributed by atoms with Gasteiger partial charge in [0.2, 0.25) is 0 Å². The Labute approximate surface area is 109 Å². The second-order valence-electron chi connectivity index (χ2n) is 4.61. The average molecular weight is 241 g/mol. The van der Waals surface area contributed by atoms with Crippen molar-refractivity contribution in [1.82, 2.24) is 4.90 Å². The Hall–Kier alpha value is -1.64. The summed E-state index contributed by atoms with van der Waals surface area (Å²) in [5, 5.41) is 10.1. The zero-order chi connectivity index (χ0) is 12.8. The molecule has 2 aromatic rings. The summed E-state index contributed by atoms with van der Waals surface area (Å²) in [6, 6.07) is 20.1. The Balaban J connectivity index is 1.90. The Morgan fingerprint density at radius 2 is 1.50 bits per heavy atom. The first-order valence-electron chi connectivity index (χ1n) is 6.21. The largest absolute Gasteiger partial charge is 0.387 e. The van der Waals surface area contributed by atoms with Gasteiger partial charge in [-0.05, 0) is 18.2 Å². The van der Waals surface area contributed by atoms with Crippen molar-refractivity contribution in [1.29, 1.82) is 0 Å². The molecular weight excluding hydrogens is 222 g/mol. The van der Waals surface area contributed by atoms with E-state index in [0.717, 1.165) is 12.1 Å². The first-order chi connectivity index (χ1) is 8.75. The molecule has 2 heteroatoms. The van der Waals surface area contributed by atoms with Gasteiger partial charge in [-0.2, -0.15) is 0 Å². The zero-order valence-corrected chi connectivity index (χ0v) is 10.7. The highest BCUT2D eigenvalue weighted by Crippen LogP contribution is 2.14.